The summed E-state index contributed by atoms with van der Waals surface area (Å²) in [5.74, 6) is 1.19. The topological polar surface area (TPSA) is 77.2 Å². The number of rotatable bonds is 5. The summed E-state index contributed by atoms with van der Waals surface area (Å²) < 4.78 is 6.81. The Labute approximate surface area is 127 Å². The second-order valence-electron chi connectivity index (χ2n) is 5.42. The number of aromatic nitrogens is 5. The van der Waals surface area contributed by atoms with Gasteiger partial charge in [0.25, 0.3) is 0 Å². The summed E-state index contributed by atoms with van der Waals surface area (Å²) in [6, 6.07) is 5.92. The number of nitrogens with one attached hydrogen (secondary N) is 1. The van der Waals surface area contributed by atoms with E-state index in [2.05, 4.69) is 31.7 Å². The molecule has 112 valence electrons. The quantitative estimate of drug-likeness (QED) is 0.776. The Hall–Kier alpha value is -2.70. The first-order chi connectivity index (χ1) is 10.8. The standard InChI is InChI=1S/C15H16N6O/c1-22-14-5-2-10(8-17-14)7-16-13-6-12(11-3-4-11)20-21-9-18-19-15(13)21/h2,5-6,8-9,11,16H,3-4,7H2,1H3. The molecule has 1 saturated carbocycles. The van der Waals surface area contributed by atoms with Gasteiger partial charge in [-0.05, 0) is 24.5 Å². The van der Waals surface area contributed by atoms with Crippen LogP contribution in [0.4, 0.5) is 5.69 Å². The molecule has 0 bridgehead atoms. The predicted octanol–water partition coefficient (Wildman–Crippen LogP) is 2.02. The van der Waals surface area contributed by atoms with Crippen molar-refractivity contribution < 1.29 is 4.74 Å². The lowest BCUT2D eigenvalue weighted by Gasteiger charge is -2.09. The van der Waals surface area contributed by atoms with Crippen molar-refractivity contribution in [1.82, 2.24) is 24.8 Å². The highest BCUT2D eigenvalue weighted by Crippen LogP contribution is 2.39. The van der Waals surface area contributed by atoms with Crippen LogP contribution >= 0.6 is 0 Å². The van der Waals surface area contributed by atoms with Crippen LogP contribution < -0.4 is 10.1 Å². The van der Waals surface area contributed by atoms with Crippen molar-refractivity contribution in [3.05, 3.63) is 42.0 Å². The van der Waals surface area contributed by atoms with Crippen molar-refractivity contribution in [3.63, 3.8) is 0 Å². The SMILES string of the molecule is COc1ccc(CNc2cc(C3CC3)nn3cnnc23)cn1. The normalized spacial score (nSPS) is 14.2. The Morgan fingerprint density at radius 3 is 3.00 bits per heavy atom. The Morgan fingerprint density at radius 2 is 2.27 bits per heavy atom. The molecule has 4 rings (SSSR count). The molecule has 1 fully saturated rings. The largest absolute Gasteiger partial charge is 0.481 e. The lowest BCUT2D eigenvalue weighted by molar-refractivity contribution is 0.397. The fourth-order valence-corrected chi connectivity index (χ4v) is 2.39. The second-order valence-corrected chi connectivity index (χ2v) is 5.42. The lowest BCUT2D eigenvalue weighted by Crippen LogP contribution is -2.05. The Balaban J connectivity index is 1.58. The van der Waals surface area contributed by atoms with Crippen molar-refractivity contribution in [3.8, 4) is 5.88 Å². The Morgan fingerprint density at radius 1 is 1.36 bits per heavy atom. The molecule has 0 amide bonds. The van der Waals surface area contributed by atoms with E-state index in [0.717, 1.165) is 22.6 Å². The lowest BCUT2D eigenvalue weighted by atomic mass is 10.2. The average Bonchev–Trinajstić information content (AvgIpc) is 3.30. The molecule has 1 aliphatic carbocycles. The summed E-state index contributed by atoms with van der Waals surface area (Å²) in [5, 5.41) is 16.0. The van der Waals surface area contributed by atoms with Gasteiger partial charge in [-0.2, -0.15) is 9.61 Å². The predicted molar refractivity (Wildman–Crippen MR) is 80.9 cm³/mol. The Bertz CT molecular complexity index is 793. The van der Waals surface area contributed by atoms with Crippen LogP contribution in [0.2, 0.25) is 0 Å². The van der Waals surface area contributed by atoms with Crippen LogP contribution in [0.1, 0.15) is 30.0 Å². The van der Waals surface area contributed by atoms with Crippen molar-refractivity contribution in [2.24, 2.45) is 0 Å². The third-order valence-corrected chi connectivity index (χ3v) is 3.77. The molecule has 0 radical (unpaired) electrons. The van der Waals surface area contributed by atoms with Crippen LogP contribution in [-0.2, 0) is 6.54 Å². The van der Waals surface area contributed by atoms with Gasteiger partial charge in [0.2, 0.25) is 11.5 Å². The van der Waals surface area contributed by atoms with E-state index in [1.165, 1.54) is 12.8 Å². The van der Waals surface area contributed by atoms with Crippen LogP contribution in [0.5, 0.6) is 5.88 Å². The van der Waals surface area contributed by atoms with Gasteiger partial charge in [-0.3, -0.25) is 0 Å². The maximum Gasteiger partial charge on any atom is 0.212 e. The van der Waals surface area contributed by atoms with Crippen LogP contribution in [0.25, 0.3) is 5.65 Å². The van der Waals surface area contributed by atoms with Crippen molar-refractivity contribution >= 4 is 11.3 Å². The molecule has 3 heterocycles. The molecule has 3 aromatic rings. The molecule has 1 N–H and O–H groups in total. The Kier molecular flexibility index (Phi) is 3.10. The average molecular weight is 296 g/mol. The molecule has 0 atom stereocenters. The van der Waals surface area contributed by atoms with E-state index in [9.17, 15) is 0 Å². The van der Waals surface area contributed by atoms with Gasteiger partial charge in [-0.1, -0.05) is 6.07 Å². The molecule has 0 aliphatic heterocycles. The zero-order valence-corrected chi connectivity index (χ0v) is 12.2. The highest BCUT2D eigenvalue weighted by Gasteiger charge is 2.26. The van der Waals surface area contributed by atoms with Crippen molar-refractivity contribution in [1.29, 1.82) is 0 Å². The van der Waals surface area contributed by atoms with Crippen molar-refractivity contribution in [2.75, 3.05) is 12.4 Å². The van der Waals surface area contributed by atoms with E-state index in [1.54, 1.807) is 24.1 Å². The summed E-state index contributed by atoms with van der Waals surface area (Å²) in [7, 11) is 1.61. The molecular formula is C15H16N6O. The maximum absolute atomic E-state index is 5.07. The molecular weight excluding hydrogens is 280 g/mol. The van der Waals surface area contributed by atoms with E-state index in [0.29, 0.717) is 18.3 Å². The van der Waals surface area contributed by atoms with Gasteiger partial charge in [0.05, 0.1) is 18.5 Å². The fourth-order valence-electron chi connectivity index (χ4n) is 2.39. The maximum atomic E-state index is 5.07. The molecule has 0 unspecified atom stereocenters. The van der Waals surface area contributed by atoms with Crippen LogP contribution in [0, 0.1) is 0 Å². The zero-order valence-electron chi connectivity index (χ0n) is 12.2. The molecule has 0 spiro atoms. The van der Waals surface area contributed by atoms with E-state index in [1.807, 2.05) is 12.1 Å². The second kappa shape index (κ2) is 5.25. The summed E-state index contributed by atoms with van der Waals surface area (Å²) in [4.78, 5) is 4.21. The third kappa shape index (κ3) is 2.45. The first kappa shape index (κ1) is 13.0. The molecule has 7 nitrogen and oxygen atoms in total. The van der Waals surface area contributed by atoms with Crippen LogP contribution in [0.15, 0.2) is 30.7 Å². The summed E-state index contributed by atoms with van der Waals surface area (Å²) >= 11 is 0. The molecule has 0 aromatic carbocycles. The minimum Gasteiger partial charge on any atom is -0.481 e. The zero-order chi connectivity index (χ0) is 14.9. The number of anilines is 1. The van der Waals surface area contributed by atoms with Crippen molar-refractivity contribution in [2.45, 2.75) is 25.3 Å². The molecule has 7 heteroatoms. The van der Waals surface area contributed by atoms with E-state index in [4.69, 9.17) is 4.74 Å². The van der Waals surface area contributed by atoms with Gasteiger partial charge in [0.1, 0.15) is 6.33 Å². The fraction of sp³-hybridized carbons (Fsp3) is 0.333. The summed E-state index contributed by atoms with van der Waals surface area (Å²) in [5.41, 5.74) is 3.86. The number of pyridine rings is 1. The molecule has 22 heavy (non-hydrogen) atoms. The van der Waals surface area contributed by atoms with Gasteiger partial charge >= 0.3 is 0 Å². The van der Waals surface area contributed by atoms with Gasteiger partial charge in [0.15, 0.2) is 0 Å². The van der Waals surface area contributed by atoms with Gasteiger partial charge in [-0.15, -0.1) is 10.2 Å². The molecule has 0 saturated heterocycles. The monoisotopic (exact) mass is 296 g/mol. The highest BCUT2D eigenvalue weighted by atomic mass is 16.5. The minimum atomic E-state index is 0.579. The first-order valence-electron chi connectivity index (χ1n) is 7.27. The number of methoxy groups -OCH3 is 1. The number of hydrogen-bond donors (Lipinski definition) is 1. The molecule has 1 aliphatic rings. The number of fused-ring (bicyclic) bond motifs is 1. The number of nitrogens with zero attached hydrogens (tertiary/aromatic N) is 5. The van der Waals surface area contributed by atoms with Gasteiger partial charge in [-0.25, -0.2) is 4.98 Å². The number of ether oxygens (including phenoxy) is 1. The first-order valence-corrected chi connectivity index (χ1v) is 7.27. The minimum absolute atomic E-state index is 0.579. The van der Waals surface area contributed by atoms with E-state index in [-0.39, 0.29) is 0 Å². The van der Waals surface area contributed by atoms with Crippen LogP contribution in [-0.4, -0.2) is 31.9 Å². The van der Waals surface area contributed by atoms with E-state index >= 15 is 0 Å². The van der Waals surface area contributed by atoms with Gasteiger partial charge in [0, 0.05) is 24.7 Å². The third-order valence-electron chi connectivity index (χ3n) is 3.77. The van der Waals surface area contributed by atoms with Crippen LogP contribution in [0.3, 0.4) is 0 Å². The van der Waals surface area contributed by atoms with E-state index < -0.39 is 0 Å². The summed E-state index contributed by atoms with van der Waals surface area (Å²) in [6.07, 6.45) is 5.86. The smallest absolute Gasteiger partial charge is 0.212 e. The highest BCUT2D eigenvalue weighted by molar-refractivity contribution is 5.67. The summed E-state index contributed by atoms with van der Waals surface area (Å²) in [6.45, 7) is 0.660. The van der Waals surface area contributed by atoms with Gasteiger partial charge < -0.3 is 10.1 Å². The number of hydrogen-bond acceptors (Lipinski definition) is 6. The molecule has 3 aromatic heterocycles.